The summed E-state index contributed by atoms with van der Waals surface area (Å²) >= 11 is 0. The van der Waals surface area contributed by atoms with E-state index in [0.29, 0.717) is 17.3 Å². The van der Waals surface area contributed by atoms with Crippen molar-refractivity contribution in [1.82, 2.24) is 14.9 Å². The minimum absolute atomic E-state index is 0.116. The summed E-state index contributed by atoms with van der Waals surface area (Å²) in [5.74, 6) is 0.410. The molecule has 1 aliphatic heterocycles. The lowest BCUT2D eigenvalue weighted by Gasteiger charge is -2.35. The molecular weight excluding hydrogens is 340 g/mol. The molecule has 2 aromatic heterocycles. The van der Waals surface area contributed by atoms with Gasteiger partial charge in [-0.2, -0.15) is 0 Å². The molecule has 0 aromatic carbocycles. The molecule has 6 nitrogen and oxygen atoms in total. The van der Waals surface area contributed by atoms with Crippen molar-refractivity contribution in [2.45, 2.75) is 63.5 Å². The Bertz CT molecular complexity index is 984. The number of rotatable bonds is 3. The second kappa shape index (κ2) is 5.94. The molecule has 2 N–H and O–H groups in total. The Morgan fingerprint density at radius 2 is 1.96 bits per heavy atom. The summed E-state index contributed by atoms with van der Waals surface area (Å²) in [6, 6.07) is 3.74. The summed E-state index contributed by atoms with van der Waals surface area (Å²) in [5, 5.41) is 6.49. The van der Waals surface area contributed by atoms with Gasteiger partial charge in [0.25, 0.3) is 11.5 Å². The van der Waals surface area contributed by atoms with Crippen LogP contribution >= 0.6 is 0 Å². The molecule has 0 atom stereocenters. The van der Waals surface area contributed by atoms with Gasteiger partial charge in [0.15, 0.2) is 0 Å². The smallest absolute Gasteiger partial charge is 0.276 e. The molecule has 3 heterocycles. The maximum Gasteiger partial charge on any atom is 0.276 e. The number of anilines is 2. The van der Waals surface area contributed by atoms with E-state index >= 15 is 0 Å². The van der Waals surface area contributed by atoms with E-state index in [1.54, 1.807) is 10.8 Å². The molecule has 0 saturated heterocycles. The predicted octanol–water partition coefficient (Wildman–Crippen LogP) is 3.53. The van der Waals surface area contributed by atoms with Gasteiger partial charge < -0.3 is 10.6 Å². The fourth-order valence-corrected chi connectivity index (χ4v) is 4.72. The van der Waals surface area contributed by atoms with E-state index in [0.717, 1.165) is 43.4 Å². The first-order chi connectivity index (χ1) is 13.1. The maximum absolute atomic E-state index is 13.4. The Balaban J connectivity index is 1.62. The zero-order valence-electron chi connectivity index (χ0n) is 15.5. The van der Waals surface area contributed by atoms with Crippen LogP contribution in [0.3, 0.4) is 0 Å². The molecule has 27 heavy (non-hydrogen) atoms. The number of aryl methyl sites for hydroxylation is 1. The average molecular weight is 364 g/mol. The SMILES string of the molecule is Cc1cc(Nc2ccncc2C2CC2)c(=O)n2c1C(=O)NC21CCCCC1. The number of nitrogens with one attached hydrogen (secondary N) is 2. The van der Waals surface area contributed by atoms with E-state index in [9.17, 15) is 9.59 Å². The first-order valence-electron chi connectivity index (χ1n) is 9.90. The van der Waals surface area contributed by atoms with Crippen LogP contribution in [0.15, 0.2) is 29.3 Å². The fraction of sp³-hybridized carbons (Fsp3) is 0.476. The van der Waals surface area contributed by atoms with Gasteiger partial charge in [-0.15, -0.1) is 0 Å². The van der Waals surface area contributed by atoms with Crippen molar-refractivity contribution in [3.05, 3.63) is 51.7 Å². The van der Waals surface area contributed by atoms with Crippen LogP contribution in [-0.4, -0.2) is 15.5 Å². The Labute approximate surface area is 158 Å². The molecule has 0 unspecified atom stereocenters. The lowest BCUT2D eigenvalue weighted by atomic mass is 9.89. The van der Waals surface area contributed by atoms with Gasteiger partial charge in [-0.25, -0.2) is 0 Å². The first kappa shape index (κ1) is 16.5. The summed E-state index contributed by atoms with van der Waals surface area (Å²) in [6.07, 6.45) is 10.8. The molecule has 5 rings (SSSR count). The third-order valence-electron chi connectivity index (χ3n) is 6.20. The monoisotopic (exact) mass is 364 g/mol. The van der Waals surface area contributed by atoms with Gasteiger partial charge in [0.1, 0.15) is 17.0 Å². The van der Waals surface area contributed by atoms with Gasteiger partial charge in [-0.3, -0.25) is 19.1 Å². The molecule has 140 valence electrons. The second-order valence-electron chi connectivity index (χ2n) is 8.14. The van der Waals surface area contributed by atoms with Crippen LogP contribution in [0.5, 0.6) is 0 Å². The zero-order chi connectivity index (χ0) is 18.6. The molecule has 6 heteroatoms. The number of hydrogen-bond acceptors (Lipinski definition) is 4. The summed E-state index contributed by atoms with van der Waals surface area (Å²) in [7, 11) is 0. The van der Waals surface area contributed by atoms with E-state index in [1.807, 2.05) is 25.3 Å². The highest BCUT2D eigenvalue weighted by Gasteiger charge is 2.45. The minimum atomic E-state index is -0.554. The van der Waals surface area contributed by atoms with E-state index in [4.69, 9.17) is 0 Å². The normalized spacial score (nSPS) is 20.4. The second-order valence-corrected chi connectivity index (χ2v) is 8.14. The summed E-state index contributed by atoms with van der Waals surface area (Å²) in [4.78, 5) is 30.3. The van der Waals surface area contributed by atoms with E-state index < -0.39 is 5.66 Å². The van der Waals surface area contributed by atoms with Crippen LogP contribution < -0.4 is 16.2 Å². The number of nitrogens with zero attached hydrogens (tertiary/aromatic N) is 2. The van der Waals surface area contributed by atoms with Crippen molar-refractivity contribution in [3.8, 4) is 0 Å². The van der Waals surface area contributed by atoms with Gasteiger partial charge in [0.05, 0.1) is 0 Å². The van der Waals surface area contributed by atoms with Gasteiger partial charge in [0.2, 0.25) is 0 Å². The summed E-state index contributed by atoms with van der Waals surface area (Å²) in [6.45, 7) is 1.91. The Morgan fingerprint density at radius 1 is 1.19 bits per heavy atom. The molecule has 0 bridgehead atoms. The fourth-order valence-electron chi connectivity index (χ4n) is 4.72. The van der Waals surface area contributed by atoms with E-state index in [1.165, 1.54) is 18.4 Å². The van der Waals surface area contributed by atoms with Crippen molar-refractivity contribution in [3.63, 3.8) is 0 Å². The molecule has 0 radical (unpaired) electrons. The van der Waals surface area contributed by atoms with Crippen molar-refractivity contribution >= 4 is 17.3 Å². The highest BCUT2D eigenvalue weighted by atomic mass is 16.2. The van der Waals surface area contributed by atoms with Crippen LogP contribution in [0.25, 0.3) is 0 Å². The molecule has 2 fully saturated rings. The van der Waals surface area contributed by atoms with Crippen LogP contribution in [0.4, 0.5) is 11.4 Å². The molecule has 2 aliphatic carbocycles. The lowest BCUT2D eigenvalue weighted by Crippen LogP contribution is -2.48. The Kier molecular flexibility index (Phi) is 3.64. The topological polar surface area (TPSA) is 76.0 Å². The largest absolute Gasteiger partial charge is 0.351 e. The highest BCUT2D eigenvalue weighted by Crippen LogP contribution is 2.43. The average Bonchev–Trinajstić information content (AvgIpc) is 3.46. The summed E-state index contributed by atoms with van der Waals surface area (Å²) < 4.78 is 1.74. The van der Waals surface area contributed by atoms with Crippen LogP contribution in [-0.2, 0) is 5.66 Å². The minimum Gasteiger partial charge on any atom is -0.351 e. The highest BCUT2D eigenvalue weighted by molar-refractivity contribution is 5.97. The molecule has 1 amide bonds. The van der Waals surface area contributed by atoms with Crippen molar-refractivity contribution in [2.75, 3.05) is 5.32 Å². The van der Waals surface area contributed by atoms with Crippen molar-refractivity contribution < 1.29 is 4.79 Å². The van der Waals surface area contributed by atoms with Crippen molar-refractivity contribution in [1.29, 1.82) is 0 Å². The number of amides is 1. The quantitative estimate of drug-likeness (QED) is 0.873. The van der Waals surface area contributed by atoms with Crippen LogP contribution in [0.2, 0.25) is 0 Å². The van der Waals surface area contributed by atoms with Gasteiger partial charge in [-0.05, 0) is 74.6 Å². The predicted molar refractivity (Wildman–Crippen MR) is 103 cm³/mol. The zero-order valence-corrected chi connectivity index (χ0v) is 15.5. The Morgan fingerprint density at radius 3 is 2.70 bits per heavy atom. The number of carbonyl (C=O) groups is 1. The van der Waals surface area contributed by atoms with Crippen LogP contribution in [0, 0.1) is 6.92 Å². The van der Waals surface area contributed by atoms with Gasteiger partial charge >= 0.3 is 0 Å². The number of carbonyl (C=O) groups excluding carboxylic acids is 1. The number of aromatic nitrogens is 2. The van der Waals surface area contributed by atoms with Gasteiger partial charge in [0, 0.05) is 18.1 Å². The third kappa shape index (κ3) is 2.58. The lowest BCUT2D eigenvalue weighted by molar-refractivity contribution is 0.0876. The summed E-state index contributed by atoms with van der Waals surface area (Å²) in [5.41, 5.74) is 3.33. The van der Waals surface area contributed by atoms with Crippen molar-refractivity contribution in [2.24, 2.45) is 0 Å². The third-order valence-corrected chi connectivity index (χ3v) is 6.20. The van der Waals surface area contributed by atoms with Crippen LogP contribution in [0.1, 0.15) is 72.5 Å². The first-order valence-corrected chi connectivity index (χ1v) is 9.90. The molecule has 1 spiro atoms. The molecular formula is C21H24N4O2. The molecule has 2 saturated carbocycles. The number of fused-ring (bicyclic) bond motifs is 2. The molecule has 2 aromatic rings. The van der Waals surface area contributed by atoms with Gasteiger partial charge in [-0.1, -0.05) is 6.42 Å². The number of pyridine rings is 2. The Hall–Kier alpha value is -2.63. The van der Waals surface area contributed by atoms with E-state index in [2.05, 4.69) is 15.6 Å². The standard InChI is InChI=1S/C21H24N4O2/c1-13-11-17(23-16-7-10-22-12-15(16)14-5-6-14)20(27)25-18(13)19(26)24-21(25)8-3-2-4-9-21/h7,10-12,14H,2-6,8-9H2,1H3,(H,22,23)(H,24,26). The number of hydrogen-bond donors (Lipinski definition) is 2. The molecule has 3 aliphatic rings. The van der Waals surface area contributed by atoms with E-state index in [-0.39, 0.29) is 11.5 Å². The maximum atomic E-state index is 13.4.